The Hall–Kier alpha value is -2.18. The quantitative estimate of drug-likeness (QED) is 0.749. The monoisotopic (exact) mass is 342 g/mol. The number of carbonyl (C=O) groups is 1. The average Bonchev–Trinajstić information content (AvgIpc) is 3.10. The van der Waals surface area contributed by atoms with Crippen LogP contribution in [0, 0.1) is 6.92 Å². The SMILES string of the molecule is Cc1nn(Cc2ccccc2)c2sc(C(=O)NC(C)(C)CN)cc12. The summed E-state index contributed by atoms with van der Waals surface area (Å²) in [6.07, 6.45) is 0. The van der Waals surface area contributed by atoms with Crippen molar-refractivity contribution in [1.29, 1.82) is 0 Å². The van der Waals surface area contributed by atoms with Gasteiger partial charge in [0.2, 0.25) is 0 Å². The van der Waals surface area contributed by atoms with Crippen molar-refractivity contribution in [2.75, 3.05) is 6.54 Å². The third kappa shape index (κ3) is 3.34. The highest BCUT2D eigenvalue weighted by atomic mass is 32.1. The predicted octanol–water partition coefficient (Wildman–Crippen LogP) is 2.92. The van der Waals surface area contributed by atoms with Gasteiger partial charge in [-0.3, -0.25) is 9.48 Å². The van der Waals surface area contributed by atoms with Crippen molar-refractivity contribution in [3.63, 3.8) is 0 Å². The molecular weight excluding hydrogens is 320 g/mol. The summed E-state index contributed by atoms with van der Waals surface area (Å²) in [4.78, 5) is 14.2. The van der Waals surface area contributed by atoms with Crippen LogP contribution >= 0.6 is 11.3 Å². The number of nitrogens with one attached hydrogen (secondary N) is 1. The van der Waals surface area contributed by atoms with E-state index in [1.165, 1.54) is 16.9 Å². The van der Waals surface area contributed by atoms with Crippen LogP contribution in [0.2, 0.25) is 0 Å². The fourth-order valence-electron chi connectivity index (χ4n) is 2.51. The second-order valence-corrected chi connectivity index (χ2v) is 7.63. The third-order valence-corrected chi connectivity index (χ3v) is 5.12. The molecule has 24 heavy (non-hydrogen) atoms. The largest absolute Gasteiger partial charge is 0.345 e. The molecule has 5 nitrogen and oxygen atoms in total. The van der Waals surface area contributed by atoms with Gasteiger partial charge in [0.05, 0.1) is 17.1 Å². The lowest BCUT2D eigenvalue weighted by molar-refractivity contribution is 0.0920. The number of hydrogen-bond acceptors (Lipinski definition) is 4. The molecule has 0 aliphatic heterocycles. The lowest BCUT2D eigenvalue weighted by Crippen LogP contribution is -2.48. The maximum atomic E-state index is 12.5. The number of aryl methyl sites for hydroxylation is 1. The Bertz CT molecular complexity index is 864. The lowest BCUT2D eigenvalue weighted by atomic mass is 10.1. The molecule has 3 rings (SSSR count). The number of benzene rings is 1. The summed E-state index contributed by atoms with van der Waals surface area (Å²) in [6, 6.07) is 12.1. The summed E-state index contributed by atoms with van der Waals surface area (Å²) >= 11 is 1.47. The zero-order chi connectivity index (χ0) is 17.3. The van der Waals surface area contributed by atoms with Gasteiger partial charge in [-0.25, -0.2) is 0 Å². The fraction of sp³-hybridized carbons (Fsp3) is 0.333. The van der Waals surface area contributed by atoms with Gasteiger partial charge in [-0.1, -0.05) is 30.3 Å². The number of nitrogens with zero attached hydrogens (tertiary/aromatic N) is 2. The van der Waals surface area contributed by atoms with Crippen LogP contribution in [0.3, 0.4) is 0 Å². The van der Waals surface area contributed by atoms with Crippen molar-refractivity contribution >= 4 is 27.5 Å². The number of amides is 1. The van der Waals surface area contributed by atoms with E-state index in [4.69, 9.17) is 5.73 Å². The van der Waals surface area contributed by atoms with Gasteiger partial charge in [0.1, 0.15) is 4.83 Å². The van der Waals surface area contributed by atoms with Gasteiger partial charge in [-0.05, 0) is 32.4 Å². The first-order valence-corrected chi connectivity index (χ1v) is 8.75. The summed E-state index contributed by atoms with van der Waals surface area (Å²) < 4.78 is 1.97. The highest BCUT2D eigenvalue weighted by Gasteiger charge is 2.22. The standard InChI is InChI=1S/C18H22N4OS/c1-12-14-9-15(16(23)20-18(2,3)11-19)24-17(14)22(21-12)10-13-7-5-4-6-8-13/h4-9H,10-11,19H2,1-3H3,(H,20,23). The normalized spacial score (nSPS) is 11.8. The van der Waals surface area contributed by atoms with E-state index in [-0.39, 0.29) is 5.91 Å². The molecule has 126 valence electrons. The van der Waals surface area contributed by atoms with E-state index in [2.05, 4.69) is 22.5 Å². The van der Waals surface area contributed by atoms with Gasteiger partial charge in [0, 0.05) is 17.5 Å². The smallest absolute Gasteiger partial charge is 0.261 e. The first-order chi connectivity index (χ1) is 11.4. The molecule has 1 amide bonds. The summed E-state index contributed by atoms with van der Waals surface area (Å²) in [5, 5.41) is 8.62. The topological polar surface area (TPSA) is 72.9 Å². The van der Waals surface area contributed by atoms with E-state index in [0.717, 1.165) is 15.9 Å². The van der Waals surface area contributed by atoms with E-state index < -0.39 is 5.54 Å². The maximum Gasteiger partial charge on any atom is 0.261 e. The van der Waals surface area contributed by atoms with Crippen LogP contribution in [0.25, 0.3) is 10.2 Å². The molecule has 2 aromatic heterocycles. The van der Waals surface area contributed by atoms with Gasteiger partial charge < -0.3 is 11.1 Å². The molecule has 0 atom stereocenters. The van der Waals surface area contributed by atoms with Crippen molar-refractivity contribution < 1.29 is 4.79 Å². The summed E-state index contributed by atoms with van der Waals surface area (Å²) in [6.45, 7) is 6.90. The molecule has 0 aliphatic carbocycles. The number of hydrogen-bond donors (Lipinski definition) is 2. The molecule has 2 heterocycles. The number of thiophene rings is 1. The first-order valence-electron chi connectivity index (χ1n) is 7.93. The molecule has 0 saturated carbocycles. The molecule has 3 N–H and O–H groups in total. The van der Waals surface area contributed by atoms with Gasteiger partial charge in [0.15, 0.2) is 0 Å². The summed E-state index contributed by atoms with van der Waals surface area (Å²) in [7, 11) is 0. The van der Waals surface area contributed by atoms with Crippen molar-refractivity contribution in [3.8, 4) is 0 Å². The number of fused-ring (bicyclic) bond motifs is 1. The van der Waals surface area contributed by atoms with Gasteiger partial charge in [-0.2, -0.15) is 5.10 Å². The number of carbonyl (C=O) groups excluding carboxylic acids is 1. The number of aromatic nitrogens is 2. The second kappa shape index (κ2) is 6.37. The van der Waals surface area contributed by atoms with Crippen LogP contribution in [-0.4, -0.2) is 27.8 Å². The van der Waals surface area contributed by atoms with Crippen molar-refractivity contribution in [2.24, 2.45) is 5.73 Å². The van der Waals surface area contributed by atoms with Crippen LogP contribution in [0.4, 0.5) is 0 Å². The Labute approximate surface area is 145 Å². The van der Waals surface area contributed by atoms with Crippen LogP contribution in [0.15, 0.2) is 36.4 Å². The van der Waals surface area contributed by atoms with E-state index >= 15 is 0 Å². The first kappa shape index (κ1) is 16.7. The molecule has 3 aromatic rings. The molecule has 0 spiro atoms. The molecule has 0 bridgehead atoms. The van der Waals surface area contributed by atoms with Crippen molar-refractivity contribution in [2.45, 2.75) is 32.9 Å². The molecule has 0 saturated heterocycles. The van der Waals surface area contributed by atoms with Crippen LogP contribution in [-0.2, 0) is 6.54 Å². The molecule has 0 unspecified atom stereocenters. The van der Waals surface area contributed by atoms with Crippen molar-refractivity contribution in [3.05, 3.63) is 52.5 Å². The minimum atomic E-state index is -0.418. The van der Waals surface area contributed by atoms with E-state index in [1.807, 2.05) is 49.7 Å². The Morgan fingerprint density at radius 1 is 1.33 bits per heavy atom. The summed E-state index contributed by atoms with van der Waals surface area (Å²) in [5.74, 6) is -0.0858. The van der Waals surface area contributed by atoms with Gasteiger partial charge in [0.25, 0.3) is 5.91 Å². The zero-order valence-electron chi connectivity index (χ0n) is 14.2. The third-order valence-electron chi connectivity index (χ3n) is 3.97. The van der Waals surface area contributed by atoms with E-state index in [1.54, 1.807) is 0 Å². The molecule has 1 aromatic carbocycles. The molecular formula is C18H22N4OS. The average molecular weight is 342 g/mol. The van der Waals surface area contributed by atoms with E-state index in [9.17, 15) is 4.79 Å². The summed E-state index contributed by atoms with van der Waals surface area (Å²) in [5.41, 5.74) is 7.40. The highest BCUT2D eigenvalue weighted by molar-refractivity contribution is 7.20. The number of nitrogens with two attached hydrogens (primary N) is 1. The van der Waals surface area contributed by atoms with Crippen LogP contribution in [0.1, 0.15) is 34.8 Å². The second-order valence-electron chi connectivity index (χ2n) is 6.60. The minimum absolute atomic E-state index is 0.0858. The molecule has 0 fully saturated rings. The Balaban J connectivity index is 1.91. The van der Waals surface area contributed by atoms with Gasteiger partial charge in [-0.15, -0.1) is 11.3 Å². The van der Waals surface area contributed by atoms with Crippen molar-refractivity contribution in [1.82, 2.24) is 15.1 Å². The zero-order valence-corrected chi connectivity index (χ0v) is 15.0. The van der Waals surface area contributed by atoms with Crippen LogP contribution in [0.5, 0.6) is 0 Å². The van der Waals surface area contributed by atoms with Crippen LogP contribution < -0.4 is 11.1 Å². The fourth-order valence-corrected chi connectivity index (χ4v) is 3.56. The molecule has 0 aliphatic rings. The van der Waals surface area contributed by atoms with Gasteiger partial charge >= 0.3 is 0 Å². The Kier molecular flexibility index (Phi) is 4.43. The highest BCUT2D eigenvalue weighted by Crippen LogP contribution is 2.29. The number of rotatable bonds is 5. The minimum Gasteiger partial charge on any atom is -0.345 e. The van der Waals surface area contributed by atoms with E-state index in [0.29, 0.717) is 18.0 Å². The molecule has 0 radical (unpaired) electrons. The lowest BCUT2D eigenvalue weighted by Gasteiger charge is -2.23. The Morgan fingerprint density at radius 3 is 2.71 bits per heavy atom. The maximum absolute atomic E-state index is 12.5. The Morgan fingerprint density at radius 2 is 2.04 bits per heavy atom. The predicted molar refractivity (Wildman–Crippen MR) is 98.5 cm³/mol. The molecule has 6 heteroatoms.